The molecule has 7 heteroatoms. The zero-order valence-corrected chi connectivity index (χ0v) is 14.2. The van der Waals surface area contributed by atoms with E-state index in [1.54, 1.807) is 36.4 Å². The lowest BCUT2D eigenvalue weighted by molar-refractivity contribution is 0.0696. The Labute approximate surface area is 154 Å². The monoisotopic (exact) mass is 367 g/mol. The molecule has 0 saturated carbocycles. The van der Waals surface area contributed by atoms with Crippen molar-refractivity contribution in [3.63, 3.8) is 0 Å². The quantitative estimate of drug-likeness (QED) is 0.534. The van der Waals surface area contributed by atoms with Crippen LogP contribution >= 0.6 is 11.6 Å². The average Bonchev–Trinajstić information content (AvgIpc) is 3.10. The summed E-state index contributed by atoms with van der Waals surface area (Å²) in [7, 11) is 0. The van der Waals surface area contributed by atoms with Crippen molar-refractivity contribution in [2.45, 2.75) is 0 Å². The molecule has 2 N–H and O–H groups in total. The van der Waals surface area contributed by atoms with Gasteiger partial charge in [0, 0.05) is 11.9 Å². The molecular formula is C19H14ClN3O3. The Hall–Kier alpha value is -3.38. The minimum absolute atomic E-state index is 0.211. The number of rotatable bonds is 5. The van der Waals surface area contributed by atoms with Crippen molar-refractivity contribution in [1.82, 2.24) is 9.99 Å². The lowest BCUT2D eigenvalue weighted by atomic mass is 10.2. The molecule has 130 valence electrons. The van der Waals surface area contributed by atoms with Crippen LogP contribution in [-0.4, -0.2) is 27.8 Å². The molecule has 0 fully saturated rings. The molecule has 1 heterocycles. The first-order chi connectivity index (χ1) is 12.6. The van der Waals surface area contributed by atoms with E-state index in [0.717, 1.165) is 5.69 Å². The van der Waals surface area contributed by atoms with Crippen LogP contribution in [0.3, 0.4) is 0 Å². The number of aromatic carboxylic acids is 1. The highest BCUT2D eigenvalue weighted by Gasteiger charge is 2.08. The van der Waals surface area contributed by atoms with Crippen molar-refractivity contribution < 1.29 is 14.7 Å². The van der Waals surface area contributed by atoms with E-state index in [-0.39, 0.29) is 5.56 Å². The average molecular weight is 368 g/mol. The molecule has 0 atom stereocenters. The van der Waals surface area contributed by atoms with Gasteiger partial charge in [0.25, 0.3) is 5.91 Å². The first kappa shape index (κ1) is 17.4. The van der Waals surface area contributed by atoms with Crippen LogP contribution in [-0.2, 0) is 0 Å². The number of nitrogens with zero attached hydrogens (tertiary/aromatic N) is 2. The second-order valence-corrected chi connectivity index (χ2v) is 5.74. The van der Waals surface area contributed by atoms with Crippen LogP contribution in [0.2, 0.25) is 5.02 Å². The molecule has 0 unspecified atom stereocenters. The number of hydrazone groups is 1. The van der Waals surface area contributed by atoms with E-state index in [1.807, 2.05) is 22.9 Å². The summed E-state index contributed by atoms with van der Waals surface area (Å²) < 4.78 is 1.82. The lowest BCUT2D eigenvalue weighted by Gasteiger charge is -2.07. The van der Waals surface area contributed by atoms with Gasteiger partial charge in [-0.3, -0.25) is 4.79 Å². The number of hydrogen-bond donors (Lipinski definition) is 2. The maximum atomic E-state index is 12.1. The number of carbonyl (C=O) groups is 2. The number of carboxylic acids is 1. The Morgan fingerprint density at radius 1 is 1.04 bits per heavy atom. The van der Waals surface area contributed by atoms with E-state index in [1.165, 1.54) is 18.3 Å². The fraction of sp³-hybridized carbons (Fsp3) is 0. The van der Waals surface area contributed by atoms with Gasteiger partial charge in [-0.15, -0.1) is 0 Å². The second kappa shape index (κ2) is 7.67. The van der Waals surface area contributed by atoms with Crippen LogP contribution in [0.25, 0.3) is 5.69 Å². The van der Waals surface area contributed by atoms with Crippen LogP contribution in [0.1, 0.15) is 26.4 Å². The van der Waals surface area contributed by atoms with E-state index in [0.29, 0.717) is 16.3 Å². The normalized spacial score (nSPS) is 10.8. The first-order valence-corrected chi connectivity index (χ1v) is 8.03. The number of hydrogen-bond acceptors (Lipinski definition) is 3. The number of nitrogens with one attached hydrogen (secondary N) is 1. The van der Waals surface area contributed by atoms with Gasteiger partial charge >= 0.3 is 5.97 Å². The summed E-state index contributed by atoms with van der Waals surface area (Å²) in [5.41, 5.74) is 4.48. The van der Waals surface area contributed by atoms with Gasteiger partial charge in [-0.2, -0.15) is 5.10 Å². The van der Waals surface area contributed by atoms with E-state index in [9.17, 15) is 9.59 Å². The van der Waals surface area contributed by atoms with Crippen molar-refractivity contribution >= 4 is 29.7 Å². The summed E-state index contributed by atoms with van der Waals surface area (Å²) in [6.07, 6.45) is 3.31. The number of carboxylic acid groups (broad SMARTS) is 1. The van der Waals surface area contributed by atoms with Crippen LogP contribution in [0.4, 0.5) is 0 Å². The van der Waals surface area contributed by atoms with Crippen LogP contribution < -0.4 is 5.43 Å². The van der Waals surface area contributed by atoms with Crippen LogP contribution in [0, 0.1) is 0 Å². The van der Waals surface area contributed by atoms with Crippen molar-refractivity contribution in [2.24, 2.45) is 5.10 Å². The fourth-order valence-electron chi connectivity index (χ4n) is 2.36. The maximum Gasteiger partial charge on any atom is 0.335 e. The van der Waals surface area contributed by atoms with Gasteiger partial charge in [0.2, 0.25) is 0 Å². The number of aromatic nitrogens is 1. The summed E-state index contributed by atoms with van der Waals surface area (Å²) in [5, 5.41) is 13.3. The molecule has 1 amide bonds. The predicted octanol–water partition coefficient (Wildman–Crippen LogP) is 3.59. The summed E-state index contributed by atoms with van der Waals surface area (Å²) in [4.78, 5) is 23.0. The van der Waals surface area contributed by atoms with Crippen LogP contribution in [0.5, 0.6) is 0 Å². The summed E-state index contributed by atoms with van der Waals surface area (Å²) in [6.45, 7) is 0. The molecule has 0 saturated heterocycles. The third-order valence-corrected chi connectivity index (χ3v) is 3.98. The lowest BCUT2D eigenvalue weighted by Crippen LogP contribution is -2.18. The van der Waals surface area contributed by atoms with Gasteiger partial charge in [0.15, 0.2) is 0 Å². The second-order valence-electron chi connectivity index (χ2n) is 5.33. The van der Waals surface area contributed by atoms with Gasteiger partial charge in [-0.05, 0) is 48.5 Å². The Morgan fingerprint density at radius 2 is 1.77 bits per heavy atom. The van der Waals surface area contributed by atoms with E-state index < -0.39 is 11.9 Å². The highest BCUT2D eigenvalue weighted by atomic mass is 35.5. The van der Waals surface area contributed by atoms with Gasteiger partial charge in [-0.25, -0.2) is 10.2 Å². The van der Waals surface area contributed by atoms with Crippen molar-refractivity contribution in [2.75, 3.05) is 0 Å². The summed E-state index contributed by atoms with van der Waals surface area (Å²) in [6, 6.07) is 16.8. The smallest absolute Gasteiger partial charge is 0.335 e. The highest BCUT2D eigenvalue weighted by Crippen LogP contribution is 2.15. The van der Waals surface area contributed by atoms with E-state index >= 15 is 0 Å². The standard InChI is InChI=1S/C19H14ClN3O3/c20-17-6-2-1-5-16(17)18(24)22-21-12-15-4-3-11-23(15)14-9-7-13(8-10-14)19(25)26/h1-12H,(H,22,24)(H,25,26)/b21-12-. The molecular weight excluding hydrogens is 354 g/mol. The first-order valence-electron chi connectivity index (χ1n) is 7.65. The predicted molar refractivity (Wildman–Crippen MR) is 99.2 cm³/mol. The summed E-state index contributed by atoms with van der Waals surface area (Å²) in [5.74, 6) is -1.39. The van der Waals surface area contributed by atoms with Crippen LogP contribution in [0.15, 0.2) is 72.0 Å². The third-order valence-electron chi connectivity index (χ3n) is 3.65. The SMILES string of the molecule is O=C(O)c1ccc(-n2cccc2/C=N\NC(=O)c2ccccc2Cl)cc1. The third kappa shape index (κ3) is 3.81. The molecule has 26 heavy (non-hydrogen) atoms. The van der Waals surface area contributed by atoms with Crippen molar-refractivity contribution in [1.29, 1.82) is 0 Å². The molecule has 0 radical (unpaired) electrons. The Balaban J connectivity index is 1.74. The topological polar surface area (TPSA) is 83.7 Å². The molecule has 2 aromatic carbocycles. The number of halogens is 1. The molecule has 0 spiro atoms. The van der Waals surface area contributed by atoms with Gasteiger partial charge in [0.05, 0.1) is 28.1 Å². The Bertz CT molecular complexity index is 978. The zero-order valence-electron chi connectivity index (χ0n) is 13.5. The molecule has 0 aliphatic carbocycles. The molecule has 0 bridgehead atoms. The Kier molecular flexibility index (Phi) is 5.15. The van der Waals surface area contributed by atoms with Crippen molar-refractivity contribution in [3.05, 3.63) is 88.7 Å². The maximum absolute atomic E-state index is 12.1. The molecule has 3 aromatic rings. The number of carbonyl (C=O) groups excluding carboxylic acids is 1. The zero-order chi connectivity index (χ0) is 18.5. The number of benzene rings is 2. The summed E-state index contributed by atoms with van der Waals surface area (Å²) >= 11 is 5.98. The van der Waals surface area contributed by atoms with Gasteiger partial charge in [0.1, 0.15) is 0 Å². The molecule has 6 nitrogen and oxygen atoms in total. The molecule has 0 aliphatic heterocycles. The van der Waals surface area contributed by atoms with Gasteiger partial charge in [-0.1, -0.05) is 23.7 Å². The minimum atomic E-state index is -0.979. The molecule has 0 aliphatic rings. The largest absolute Gasteiger partial charge is 0.478 e. The molecule has 3 rings (SSSR count). The number of amides is 1. The Morgan fingerprint density at radius 3 is 2.46 bits per heavy atom. The minimum Gasteiger partial charge on any atom is -0.478 e. The van der Waals surface area contributed by atoms with Crippen molar-refractivity contribution in [3.8, 4) is 5.69 Å². The van der Waals surface area contributed by atoms with E-state index in [2.05, 4.69) is 10.5 Å². The fourth-order valence-corrected chi connectivity index (χ4v) is 2.58. The van der Waals surface area contributed by atoms with Gasteiger partial charge < -0.3 is 9.67 Å². The highest BCUT2D eigenvalue weighted by molar-refractivity contribution is 6.33. The van der Waals surface area contributed by atoms with E-state index in [4.69, 9.17) is 16.7 Å². The molecule has 1 aromatic heterocycles.